The van der Waals surface area contributed by atoms with Crippen molar-refractivity contribution in [1.82, 2.24) is 9.80 Å². The van der Waals surface area contributed by atoms with Crippen LogP contribution in [-0.4, -0.2) is 42.4 Å². The molecule has 0 N–H and O–H groups in total. The van der Waals surface area contributed by atoms with E-state index in [2.05, 4.69) is 45.1 Å². The first kappa shape index (κ1) is 11.6. The molecule has 1 saturated heterocycles. The van der Waals surface area contributed by atoms with Gasteiger partial charge in [-0.1, -0.05) is 28.1 Å². The summed E-state index contributed by atoms with van der Waals surface area (Å²) in [7, 11) is 0. The van der Waals surface area contributed by atoms with Crippen LogP contribution in [0.25, 0.3) is 0 Å². The molecule has 1 aliphatic rings. The minimum absolute atomic E-state index is 0.847. The maximum absolute atomic E-state index is 10.6. The fourth-order valence-corrected chi connectivity index (χ4v) is 2.14. The van der Waals surface area contributed by atoms with E-state index in [4.69, 9.17) is 0 Å². The van der Waals surface area contributed by atoms with Crippen molar-refractivity contribution >= 4 is 22.3 Å². The van der Waals surface area contributed by atoms with Crippen molar-refractivity contribution in [3.8, 4) is 0 Å². The fourth-order valence-electron chi connectivity index (χ4n) is 1.87. The van der Waals surface area contributed by atoms with Gasteiger partial charge in [0, 0.05) is 37.2 Å². The Labute approximate surface area is 104 Å². The van der Waals surface area contributed by atoms with E-state index in [9.17, 15) is 4.79 Å². The van der Waals surface area contributed by atoms with Gasteiger partial charge in [-0.2, -0.15) is 0 Å². The van der Waals surface area contributed by atoms with Crippen molar-refractivity contribution in [3.63, 3.8) is 0 Å². The molecule has 3 nitrogen and oxygen atoms in total. The van der Waals surface area contributed by atoms with Gasteiger partial charge in [0.05, 0.1) is 0 Å². The Balaban J connectivity index is 1.86. The molecular weight excluding hydrogens is 268 g/mol. The summed E-state index contributed by atoms with van der Waals surface area (Å²) in [6.07, 6.45) is 0.941. The van der Waals surface area contributed by atoms with E-state index in [1.165, 1.54) is 5.56 Å². The summed E-state index contributed by atoms with van der Waals surface area (Å²) < 4.78 is 1.11. The molecule has 1 aromatic carbocycles. The number of hydrogen-bond donors (Lipinski definition) is 0. The highest BCUT2D eigenvalue weighted by atomic mass is 79.9. The Kier molecular flexibility index (Phi) is 3.96. The molecular formula is C12H15BrN2O. The summed E-state index contributed by atoms with van der Waals surface area (Å²) in [5, 5.41) is 0. The van der Waals surface area contributed by atoms with Crippen LogP contribution in [0.3, 0.4) is 0 Å². The van der Waals surface area contributed by atoms with Crippen LogP contribution in [-0.2, 0) is 11.3 Å². The monoisotopic (exact) mass is 282 g/mol. The normalized spacial score (nSPS) is 17.4. The standard InChI is InChI=1S/C12H15BrN2O/c13-12-3-1-11(2-4-12)9-14-5-7-15(10-16)8-6-14/h1-4,10H,5-9H2. The van der Waals surface area contributed by atoms with Gasteiger partial charge in [0.1, 0.15) is 0 Å². The molecule has 2 rings (SSSR count). The van der Waals surface area contributed by atoms with Gasteiger partial charge in [-0.15, -0.1) is 0 Å². The molecule has 0 atom stereocenters. The van der Waals surface area contributed by atoms with E-state index < -0.39 is 0 Å². The highest BCUT2D eigenvalue weighted by Gasteiger charge is 2.14. The Bertz CT molecular complexity index is 345. The highest BCUT2D eigenvalue weighted by molar-refractivity contribution is 9.10. The molecule has 1 fully saturated rings. The molecule has 0 unspecified atom stereocenters. The maximum Gasteiger partial charge on any atom is 0.209 e. The van der Waals surface area contributed by atoms with Gasteiger partial charge in [0.15, 0.2) is 0 Å². The number of amides is 1. The number of piperazine rings is 1. The number of nitrogens with zero attached hydrogens (tertiary/aromatic N) is 2. The Morgan fingerprint density at radius 1 is 1.12 bits per heavy atom. The summed E-state index contributed by atoms with van der Waals surface area (Å²) in [4.78, 5) is 14.8. The third-order valence-corrected chi connectivity index (χ3v) is 3.40. The van der Waals surface area contributed by atoms with Crippen LogP contribution >= 0.6 is 15.9 Å². The van der Waals surface area contributed by atoms with E-state index in [1.807, 2.05) is 4.90 Å². The number of hydrogen-bond acceptors (Lipinski definition) is 2. The Morgan fingerprint density at radius 2 is 1.75 bits per heavy atom. The largest absolute Gasteiger partial charge is 0.343 e. The smallest absolute Gasteiger partial charge is 0.209 e. The predicted molar refractivity (Wildman–Crippen MR) is 67.1 cm³/mol. The number of carbonyl (C=O) groups excluding carboxylic acids is 1. The molecule has 0 aromatic heterocycles. The van der Waals surface area contributed by atoms with E-state index in [0.717, 1.165) is 43.6 Å². The molecule has 1 aliphatic heterocycles. The van der Waals surface area contributed by atoms with Crippen molar-refractivity contribution in [1.29, 1.82) is 0 Å². The van der Waals surface area contributed by atoms with Crippen molar-refractivity contribution in [2.75, 3.05) is 26.2 Å². The quantitative estimate of drug-likeness (QED) is 0.789. The van der Waals surface area contributed by atoms with Gasteiger partial charge in [0.2, 0.25) is 6.41 Å². The van der Waals surface area contributed by atoms with Crippen LogP contribution in [0.4, 0.5) is 0 Å². The van der Waals surface area contributed by atoms with Gasteiger partial charge >= 0.3 is 0 Å². The average Bonchev–Trinajstić information content (AvgIpc) is 2.33. The first-order chi connectivity index (χ1) is 7.78. The van der Waals surface area contributed by atoms with Gasteiger partial charge in [-0.3, -0.25) is 9.69 Å². The van der Waals surface area contributed by atoms with E-state index >= 15 is 0 Å². The lowest BCUT2D eigenvalue weighted by Gasteiger charge is -2.32. The molecule has 0 bridgehead atoms. The molecule has 1 aromatic rings. The van der Waals surface area contributed by atoms with Crippen molar-refractivity contribution in [2.45, 2.75) is 6.54 Å². The highest BCUT2D eigenvalue weighted by Crippen LogP contribution is 2.13. The van der Waals surface area contributed by atoms with Gasteiger partial charge in [-0.25, -0.2) is 0 Å². The van der Waals surface area contributed by atoms with Crippen LogP contribution < -0.4 is 0 Å². The first-order valence-electron chi connectivity index (χ1n) is 5.44. The summed E-state index contributed by atoms with van der Waals surface area (Å²) >= 11 is 3.43. The fraction of sp³-hybridized carbons (Fsp3) is 0.417. The second-order valence-corrected chi connectivity index (χ2v) is 4.96. The summed E-state index contributed by atoms with van der Waals surface area (Å²) in [6.45, 7) is 4.60. The second-order valence-electron chi connectivity index (χ2n) is 4.04. The van der Waals surface area contributed by atoms with Crippen LogP contribution in [0.2, 0.25) is 0 Å². The van der Waals surface area contributed by atoms with Crippen LogP contribution in [0.15, 0.2) is 28.7 Å². The minimum Gasteiger partial charge on any atom is -0.343 e. The van der Waals surface area contributed by atoms with Gasteiger partial charge in [-0.05, 0) is 17.7 Å². The van der Waals surface area contributed by atoms with Gasteiger partial charge < -0.3 is 4.90 Å². The summed E-state index contributed by atoms with van der Waals surface area (Å²) in [6, 6.07) is 8.40. The second kappa shape index (κ2) is 5.46. The molecule has 0 saturated carbocycles. The summed E-state index contributed by atoms with van der Waals surface area (Å²) in [5.41, 5.74) is 1.32. The Morgan fingerprint density at radius 3 is 2.31 bits per heavy atom. The molecule has 0 radical (unpaired) electrons. The summed E-state index contributed by atoms with van der Waals surface area (Å²) in [5.74, 6) is 0. The SMILES string of the molecule is O=CN1CCN(Cc2ccc(Br)cc2)CC1. The van der Waals surface area contributed by atoms with E-state index in [1.54, 1.807) is 0 Å². The molecule has 1 heterocycles. The molecule has 86 valence electrons. The lowest BCUT2D eigenvalue weighted by Crippen LogP contribution is -2.45. The van der Waals surface area contributed by atoms with Crippen molar-refractivity contribution < 1.29 is 4.79 Å². The predicted octanol–water partition coefficient (Wildman–Crippen LogP) is 1.72. The topological polar surface area (TPSA) is 23.6 Å². The zero-order valence-corrected chi connectivity index (χ0v) is 10.7. The zero-order valence-electron chi connectivity index (χ0n) is 9.10. The number of benzene rings is 1. The average molecular weight is 283 g/mol. The van der Waals surface area contributed by atoms with Crippen molar-refractivity contribution in [3.05, 3.63) is 34.3 Å². The molecule has 16 heavy (non-hydrogen) atoms. The minimum atomic E-state index is 0.847. The lowest BCUT2D eigenvalue weighted by molar-refractivity contribution is -0.119. The maximum atomic E-state index is 10.6. The van der Waals surface area contributed by atoms with Gasteiger partial charge in [0.25, 0.3) is 0 Å². The Hall–Kier alpha value is -0.870. The number of rotatable bonds is 3. The number of carbonyl (C=O) groups is 1. The molecule has 1 amide bonds. The first-order valence-corrected chi connectivity index (χ1v) is 6.23. The van der Waals surface area contributed by atoms with Crippen LogP contribution in [0.1, 0.15) is 5.56 Å². The number of halogens is 1. The third kappa shape index (κ3) is 3.06. The molecule has 4 heteroatoms. The zero-order chi connectivity index (χ0) is 11.4. The van der Waals surface area contributed by atoms with E-state index in [-0.39, 0.29) is 0 Å². The third-order valence-electron chi connectivity index (χ3n) is 2.88. The lowest BCUT2D eigenvalue weighted by atomic mass is 10.2. The van der Waals surface area contributed by atoms with Crippen LogP contribution in [0.5, 0.6) is 0 Å². The van der Waals surface area contributed by atoms with Crippen LogP contribution in [0, 0.1) is 0 Å². The molecule has 0 aliphatic carbocycles. The molecule has 0 spiro atoms. The van der Waals surface area contributed by atoms with Crippen molar-refractivity contribution in [2.24, 2.45) is 0 Å². The van der Waals surface area contributed by atoms with E-state index in [0.29, 0.717) is 0 Å².